The van der Waals surface area contributed by atoms with E-state index in [1.807, 2.05) is 55.5 Å². The van der Waals surface area contributed by atoms with Gasteiger partial charge in [-0.25, -0.2) is 4.79 Å². The third kappa shape index (κ3) is 5.13. The van der Waals surface area contributed by atoms with E-state index in [0.29, 0.717) is 24.7 Å². The topological polar surface area (TPSA) is 60.0 Å². The molecule has 0 fully saturated rings. The zero-order chi connectivity index (χ0) is 18.9. The van der Waals surface area contributed by atoms with Gasteiger partial charge in [0.05, 0.1) is 26.9 Å². The molecule has 0 saturated carbocycles. The fourth-order valence-corrected chi connectivity index (χ4v) is 2.65. The molecule has 0 aliphatic rings. The van der Waals surface area contributed by atoms with Crippen molar-refractivity contribution in [2.45, 2.75) is 19.5 Å². The molecular formula is C20H26N2O4. The number of para-hydroxylation sites is 1. The van der Waals surface area contributed by atoms with E-state index in [2.05, 4.69) is 5.32 Å². The molecule has 26 heavy (non-hydrogen) atoms. The lowest BCUT2D eigenvalue weighted by atomic mass is 10.1. The van der Waals surface area contributed by atoms with Crippen LogP contribution in [0.3, 0.4) is 0 Å². The van der Waals surface area contributed by atoms with Crippen LogP contribution in [0.5, 0.6) is 11.5 Å². The molecule has 6 nitrogen and oxygen atoms in total. The van der Waals surface area contributed by atoms with Gasteiger partial charge < -0.3 is 24.4 Å². The molecule has 6 heteroatoms. The van der Waals surface area contributed by atoms with Crippen LogP contribution >= 0.6 is 0 Å². The Bertz CT molecular complexity index is 706. The predicted molar refractivity (Wildman–Crippen MR) is 102 cm³/mol. The number of carbonyl (C=O) groups excluding carboxylic acids is 1. The summed E-state index contributed by atoms with van der Waals surface area (Å²) in [7, 11) is 4.81. The minimum atomic E-state index is -0.185. The smallest absolute Gasteiger partial charge is 0.322 e. The summed E-state index contributed by atoms with van der Waals surface area (Å²) in [6, 6.07) is 14.7. The fourth-order valence-electron chi connectivity index (χ4n) is 2.65. The Labute approximate surface area is 154 Å². The summed E-state index contributed by atoms with van der Waals surface area (Å²) in [4.78, 5) is 14.5. The Morgan fingerprint density at radius 1 is 1.04 bits per heavy atom. The van der Waals surface area contributed by atoms with Crippen molar-refractivity contribution in [1.82, 2.24) is 4.90 Å². The van der Waals surface area contributed by atoms with Crippen LogP contribution in [-0.4, -0.2) is 44.9 Å². The largest absolute Gasteiger partial charge is 0.493 e. The molecule has 0 aromatic heterocycles. The standard InChI is InChI=1S/C20H26N2O4/c1-15(14-24-2)22(20(23)21-17-8-6-5-7-9-17)13-16-10-11-18(25-3)19(12-16)26-4/h5-12,15H,13-14H2,1-4H3,(H,21,23)/t15-/m0/s1. The number of amides is 2. The van der Waals surface area contributed by atoms with Crippen LogP contribution in [-0.2, 0) is 11.3 Å². The molecule has 1 atom stereocenters. The summed E-state index contributed by atoms with van der Waals surface area (Å²) in [6.07, 6.45) is 0. The molecule has 2 rings (SSSR count). The first-order valence-electron chi connectivity index (χ1n) is 8.41. The molecule has 140 valence electrons. The van der Waals surface area contributed by atoms with E-state index in [0.717, 1.165) is 11.3 Å². The quantitative estimate of drug-likeness (QED) is 0.780. The zero-order valence-corrected chi connectivity index (χ0v) is 15.7. The maximum atomic E-state index is 12.8. The molecule has 0 bridgehead atoms. The van der Waals surface area contributed by atoms with Gasteiger partial charge in [0.25, 0.3) is 0 Å². The number of nitrogens with zero attached hydrogens (tertiary/aromatic N) is 1. The van der Waals surface area contributed by atoms with Gasteiger partial charge in [0.2, 0.25) is 0 Å². The van der Waals surface area contributed by atoms with Gasteiger partial charge >= 0.3 is 6.03 Å². The lowest BCUT2D eigenvalue weighted by Gasteiger charge is -2.29. The van der Waals surface area contributed by atoms with E-state index in [1.54, 1.807) is 26.2 Å². The summed E-state index contributed by atoms with van der Waals surface area (Å²) in [6.45, 7) is 2.81. The van der Waals surface area contributed by atoms with Crippen LogP contribution in [0, 0.1) is 0 Å². The molecule has 0 aliphatic heterocycles. The average Bonchev–Trinajstić information content (AvgIpc) is 2.66. The van der Waals surface area contributed by atoms with Crippen molar-refractivity contribution in [1.29, 1.82) is 0 Å². The van der Waals surface area contributed by atoms with Crippen molar-refractivity contribution in [2.24, 2.45) is 0 Å². The molecule has 1 N–H and O–H groups in total. The number of methoxy groups -OCH3 is 3. The molecule has 0 spiro atoms. The van der Waals surface area contributed by atoms with E-state index >= 15 is 0 Å². The van der Waals surface area contributed by atoms with Crippen molar-refractivity contribution in [3.8, 4) is 11.5 Å². The van der Waals surface area contributed by atoms with Gasteiger partial charge in [-0.2, -0.15) is 0 Å². The van der Waals surface area contributed by atoms with E-state index in [9.17, 15) is 4.79 Å². The Morgan fingerprint density at radius 3 is 2.35 bits per heavy atom. The second-order valence-electron chi connectivity index (χ2n) is 5.92. The highest BCUT2D eigenvalue weighted by Gasteiger charge is 2.21. The highest BCUT2D eigenvalue weighted by molar-refractivity contribution is 5.89. The van der Waals surface area contributed by atoms with Crippen molar-refractivity contribution in [3.05, 3.63) is 54.1 Å². The van der Waals surface area contributed by atoms with Crippen LogP contribution in [0.1, 0.15) is 12.5 Å². The summed E-state index contributed by atoms with van der Waals surface area (Å²) >= 11 is 0. The molecule has 0 saturated heterocycles. The van der Waals surface area contributed by atoms with E-state index in [-0.39, 0.29) is 12.1 Å². The lowest BCUT2D eigenvalue weighted by Crippen LogP contribution is -2.43. The van der Waals surface area contributed by atoms with Gasteiger partial charge in [-0.3, -0.25) is 0 Å². The summed E-state index contributed by atoms with van der Waals surface area (Å²) in [5, 5.41) is 2.93. The molecule has 2 aromatic rings. The van der Waals surface area contributed by atoms with Crippen molar-refractivity contribution < 1.29 is 19.0 Å². The first kappa shape index (κ1) is 19.6. The number of nitrogens with one attached hydrogen (secondary N) is 1. The average molecular weight is 358 g/mol. The zero-order valence-electron chi connectivity index (χ0n) is 15.7. The van der Waals surface area contributed by atoms with E-state index in [1.165, 1.54) is 0 Å². The monoisotopic (exact) mass is 358 g/mol. The number of benzene rings is 2. The van der Waals surface area contributed by atoms with Gasteiger partial charge in [-0.05, 0) is 36.8 Å². The van der Waals surface area contributed by atoms with Gasteiger partial charge in [0.15, 0.2) is 11.5 Å². The third-order valence-electron chi connectivity index (χ3n) is 4.03. The number of urea groups is 1. The molecule has 0 radical (unpaired) electrons. The van der Waals surface area contributed by atoms with Crippen LogP contribution in [0.15, 0.2) is 48.5 Å². The van der Waals surface area contributed by atoms with Crippen LogP contribution < -0.4 is 14.8 Å². The molecule has 0 aliphatic carbocycles. The number of rotatable bonds is 8. The molecule has 2 aromatic carbocycles. The number of anilines is 1. The molecule has 2 amide bonds. The van der Waals surface area contributed by atoms with Crippen molar-refractivity contribution >= 4 is 11.7 Å². The molecular weight excluding hydrogens is 332 g/mol. The maximum Gasteiger partial charge on any atom is 0.322 e. The van der Waals surface area contributed by atoms with Gasteiger partial charge in [0, 0.05) is 19.3 Å². The normalized spacial score (nSPS) is 11.5. The number of carbonyl (C=O) groups is 1. The first-order chi connectivity index (χ1) is 12.6. The highest BCUT2D eigenvalue weighted by atomic mass is 16.5. The third-order valence-corrected chi connectivity index (χ3v) is 4.03. The molecule has 0 heterocycles. The SMILES string of the molecule is COC[C@H](C)N(Cc1ccc(OC)c(OC)c1)C(=O)Nc1ccccc1. The minimum absolute atomic E-state index is 0.100. The predicted octanol–water partition coefficient (Wildman–Crippen LogP) is 3.77. The van der Waals surface area contributed by atoms with Gasteiger partial charge in [0.1, 0.15) is 0 Å². The van der Waals surface area contributed by atoms with Crippen LogP contribution in [0.25, 0.3) is 0 Å². The Balaban J connectivity index is 2.20. The van der Waals surface area contributed by atoms with E-state index in [4.69, 9.17) is 14.2 Å². The van der Waals surface area contributed by atoms with Crippen LogP contribution in [0.4, 0.5) is 10.5 Å². The summed E-state index contributed by atoms with van der Waals surface area (Å²) in [5.74, 6) is 1.29. The number of hydrogen-bond donors (Lipinski definition) is 1. The summed E-state index contributed by atoms with van der Waals surface area (Å²) in [5.41, 5.74) is 1.69. The Hall–Kier alpha value is -2.73. The number of ether oxygens (including phenoxy) is 3. The minimum Gasteiger partial charge on any atom is -0.493 e. The second kappa shape index (κ2) is 9.68. The van der Waals surface area contributed by atoms with Gasteiger partial charge in [-0.15, -0.1) is 0 Å². The first-order valence-corrected chi connectivity index (χ1v) is 8.41. The Kier molecular flexibility index (Phi) is 7.29. The Morgan fingerprint density at radius 2 is 1.73 bits per heavy atom. The van der Waals surface area contributed by atoms with Gasteiger partial charge in [-0.1, -0.05) is 24.3 Å². The summed E-state index contributed by atoms with van der Waals surface area (Å²) < 4.78 is 15.9. The fraction of sp³-hybridized carbons (Fsp3) is 0.350. The maximum absolute atomic E-state index is 12.8. The number of hydrogen-bond acceptors (Lipinski definition) is 4. The lowest BCUT2D eigenvalue weighted by molar-refractivity contribution is 0.113. The van der Waals surface area contributed by atoms with Crippen LogP contribution in [0.2, 0.25) is 0 Å². The second-order valence-corrected chi connectivity index (χ2v) is 5.92. The van der Waals surface area contributed by atoms with E-state index < -0.39 is 0 Å². The van der Waals surface area contributed by atoms with Crippen molar-refractivity contribution in [2.75, 3.05) is 33.3 Å². The highest BCUT2D eigenvalue weighted by Crippen LogP contribution is 2.28. The van der Waals surface area contributed by atoms with Crippen molar-refractivity contribution in [3.63, 3.8) is 0 Å². The molecule has 0 unspecified atom stereocenters.